The van der Waals surface area contributed by atoms with Crippen molar-refractivity contribution in [3.8, 4) is 0 Å². The number of para-hydroxylation sites is 1. The first-order valence-corrected chi connectivity index (χ1v) is 8.68. The Morgan fingerprint density at radius 3 is 2.83 bits per heavy atom. The summed E-state index contributed by atoms with van der Waals surface area (Å²) < 4.78 is 0. The van der Waals surface area contributed by atoms with E-state index in [1.54, 1.807) is 33.7 Å². The third-order valence-corrected chi connectivity index (χ3v) is 5.01. The van der Waals surface area contributed by atoms with Crippen LogP contribution >= 0.6 is 11.3 Å². The minimum Gasteiger partial charge on any atom is -0.333 e. The number of rotatable bonds is 4. The zero-order valence-electron chi connectivity index (χ0n) is 13.7. The molecule has 24 heavy (non-hydrogen) atoms. The van der Waals surface area contributed by atoms with Crippen molar-refractivity contribution in [2.75, 3.05) is 18.5 Å². The maximum absolute atomic E-state index is 12.4. The molecule has 1 N–H and O–H groups in total. The quantitative estimate of drug-likeness (QED) is 0.926. The second-order valence-corrected chi connectivity index (χ2v) is 6.85. The van der Waals surface area contributed by atoms with E-state index in [4.69, 9.17) is 0 Å². The Morgan fingerprint density at radius 2 is 2.17 bits per heavy atom. The van der Waals surface area contributed by atoms with Gasteiger partial charge in [-0.2, -0.15) is 0 Å². The molecule has 2 heterocycles. The van der Waals surface area contributed by atoms with E-state index in [1.165, 1.54) is 0 Å². The number of aryl methyl sites for hydroxylation is 1. The Kier molecular flexibility index (Phi) is 4.80. The van der Waals surface area contributed by atoms with Gasteiger partial charge in [0.25, 0.3) is 0 Å². The van der Waals surface area contributed by atoms with Crippen molar-refractivity contribution in [3.63, 3.8) is 0 Å². The van der Waals surface area contributed by atoms with Gasteiger partial charge in [0.2, 0.25) is 5.91 Å². The molecule has 0 spiro atoms. The third-order valence-electron chi connectivity index (χ3n) is 4.09. The van der Waals surface area contributed by atoms with E-state index in [0.29, 0.717) is 19.5 Å². The number of nitrogens with zero attached hydrogens (tertiary/aromatic N) is 3. The minimum atomic E-state index is -0.171. The first-order valence-electron chi connectivity index (χ1n) is 7.80. The summed E-state index contributed by atoms with van der Waals surface area (Å²) in [6.07, 6.45) is 0.327. The van der Waals surface area contributed by atoms with Crippen molar-refractivity contribution in [2.24, 2.45) is 0 Å². The van der Waals surface area contributed by atoms with Crippen LogP contribution in [-0.2, 0) is 11.3 Å². The van der Waals surface area contributed by atoms with Crippen LogP contribution < -0.4 is 10.2 Å². The molecule has 0 aliphatic carbocycles. The van der Waals surface area contributed by atoms with E-state index in [-0.39, 0.29) is 18.0 Å². The predicted octanol–water partition coefficient (Wildman–Crippen LogP) is 2.40. The molecule has 1 fully saturated rings. The largest absolute Gasteiger partial charge is 0.333 e. The first kappa shape index (κ1) is 16.4. The van der Waals surface area contributed by atoms with Gasteiger partial charge in [-0.3, -0.25) is 4.79 Å². The molecule has 3 amide bonds. The number of hydrogen-bond donors (Lipinski definition) is 1. The van der Waals surface area contributed by atoms with Crippen LogP contribution in [0.3, 0.4) is 0 Å². The van der Waals surface area contributed by atoms with Crippen LogP contribution in [0.4, 0.5) is 10.5 Å². The first-order chi connectivity index (χ1) is 11.5. The number of benzene rings is 1. The summed E-state index contributed by atoms with van der Waals surface area (Å²) in [4.78, 5) is 33.2. The van der Waals surface area contributed by atoms with Crippen molar-refractivity contribution in [2.45, 2.75) is 25.9 Å². The smallest absolute Gasteiger partial charge is 0.317 e. The lowest BCUT2D eigenvalue weighted by Crippen LogP contribution is -2.43. The topological polar surface area (TPSA) is 65.5 Å². The van der Waals surface area contributed by atoms with Gasteiger partial charge < -0.3 is 15.1 Å². The fraction of sp³-hybridized carbons (Fsp3) is 0.353. The number of nitrogens with one attached hydrogen (secondary N) is 1. The molecule has 1 saturated heterocycles. The van der Waals surface area contributed by atoms with Crippen LogP contribution in [0.1, 0.15) is 17.0 Å². The molecule has 1 atom stereocenters. The summed E-state index contributed by atoms with van der Waals surface area (Å²) in [6.45, 7) is 2.96. The highest BCUT2D eigenvalue weighted by Gasteiger charge is 2.32. The number of anilines is 1. The highest BCUT2D eigenvalue weighted by Crippen LogP contribution is 2.21. The van der Waals surface area contributed by atoms with Crippen molar-refractivity contribution < 1.29 is 9.59 Å². The lowest BCUT2D eigenvalue weighted by atomic mass is 10.2. The number of carbonyl (C=O) groups is 2. The minimum absolute atomic E-state index is 0.0347. The van der Waals surface area contributed by atoms with Gasteiger partial charge in [0.1, 0.15) is 0 Å². The summed E-state index contributed by atoms with van der Waals surface area (Å²) in [6, 6.07) is 9.19. The van der Waals surface area contributed by atoms with Gasteiger partial charge in [0.05, 0.1) is 23.8 Å². The lowest BCUT2D eigenvalue weighted by Gasteiger charge is -2.21. The van der Waals surface area contributed by atoms with Crippen LogP contribution in [0.15, 0.2) is 35.8 Å². The standard InChI is InChI=1S/C17H20N4O2S/c1-12-15(24-11-18-12)10-20(2)17(23)19-13-8-16(22)21(9-13)14-6-4-3-5-7-14/h3-7,11,13H,8-10H2,1-2H3,(H,19,23)/t13-/m1/s1. The van der Waals surface area contributed by atoms with Gasteiger partial charge in [-0.25, -0.2) is 9.78 Å². The number of urea groups is 1. The number of thiazole rings is 1. The summed E-state index contributed by atoms with van der Waals surface area (Å²) in [7, 11) is 1.75. The molecule has 0 radical (unpaired) electrons. The zero-order chi connectivity index (χ0) is 17.1. The van der Waals surface area contributed by atoms with E-state index in [9.17, 15) is 9.59 Å². The maximum atomic E-state index is 12.4. The van der Waals surface area contributed by atoms with Crippen LogP contribution in [0, 0.1) is 6.92 Å². The molecule has 1 aliphatic heterocycles. The molecule has 0 saturated carbocycles. The van der Waals surface area contributed by atoms with Crippen molar-refractivity contribution in [1.29, 1.82) is 0 Å². The number of amides is 3. The van der Waals surface area contributed by atoms with Crippen LogP contribution in [0.5, 0.6) is 0 Å². The Labute approximate surface area is 145 Å². The normalized spacial score (nSPS) is 17.2. The predicted molar refractivity (Wildman–Crippen MR) is 94.0 cm³/mol. The highest BCUT2D eigenvalue weighted by atomic mass is 32.1. The molecule has 3 rings (SSSR count). The Bertz CT molecular complexity index is 731. The zero-order valence-corrected chi connectivity index (χ0v) is 14.5. The molecule has 1 aromatic heterocycles. The average Bonchev–Trinajstić information content (AvgIpc) is 3.14. The van der Waals surface area contributed by atoms with Gasteiger partial charge in [0, 0.05) is 30.6 Å². The van der Waals surface area contributed by atoms with Gasteiger partial charge in [-0.15, -0.1) is 11.3 Å². The summed E-state index contributed by atoms with van der Waals surface area (Å²) in [5, 5.41) is 2.95. The van der Waals surface area contributed by atoms with E-state index in [2.05, 4.69) is 10.3 Å². The molecular formula is C17H20N4O2S. The molecule has 126 valence electrons. The van der Waals surface area contributed by atoms with Crippen LogP contribution in [0.2, 0.25) is 0 Å². The van der Waals surface area contributed by atoms with Gasteiger partial charge in [-0.1, -0.05) is 18.2 Å². The average molecular weight is 344 g/mol. The van der Waals surface area contributed by atoms with E-state index in [0.717, 1.165) is 16.3 Å². The summed E-state index contributed by atoms with van der Waals surface area (Å²) in [5.41, 5.74) is 3.60. The van der Waals surface area contributed by atoms with Crippen molar-refractivity contribution >= 4 is 29.0 Å². The number of hydrogen-bond acceptors (Lipinski definition) is 4. The molecule has 1 aliphatic rings. The maximum Gasteiger partial charge on any atom is 0.317 e. The molecule has 1 aromatic carbocycles. The van der Waals surface area contributed by atoms with Crippen molar-refractivity contribution in [1.82, 2.24) is 15.2 Å². The van der Waals surface area contributed by atoms with E-state index >= 15 is 0 Å². The van der Waals surface area contributed by atoms with Crippen molar-refractivity contribution in [3.05, 3.63) is 46.4 Å². The van der Waals surface area contributed by atoms with Gasteiger partial charge in [0.15, 0.2) is 0 Å². The second-order valence-electron chi connectivity index (χ2n) is 5.91. The Morgan fingerprint density at radius 1 is 1.42 bits per heavy atom. The summed E-state index contributed by atoms with van der Waals surface area (Å²) >= 11 is 1.54. The monoisotopic (exact) mass is 344 g/mol. The van der Waals surface area contributed by atoms with Crippen LogP contribution in [-0.4, -0.2) is 41.5 Å². The fourth-order valence-corrected chi connectivity index (χ4v) is 3.54. The molecule has 7 heteroatoms. The molecule has 6 nitrogen and oxygen atoms in total. The van der Waals surface area contributed by atoms with E-state index < -0.39 is 0 Å². The van der Waals surface area contributed by atoms with E-state index in [1.807, 2.05) is 37.3 Å². The van der Waals surface area contributed by atoms with Gasteiger partial charge in [-0.05, 0) is 19.1 Å². The Hall–Kier alpha value is -2.41. The van der Waals surface area contributed by atoms with Crippen LogP contribution in [0.25, 0.3) is 0 Å². The number of aromatic nitrogens is 1. The number of carbonyl (C=O) groups excluding carboxylic acids is 2. The second kappa shape index (κ2) is 7.00. The Balaban J connectivity index is 1.57. The molecule has 2 aromatic rings. The third kappa shape index (κ3) is 3.56. The molecular weight excluding hydrogens is 324 g/mol. The summed E-state index contributed by atoms with van der Waals surface area (Å²) in [5.74, 6) is 0.0347. The molecule has 0 unspecified atom stereocenters. The SMILES string of the molecule is Cc1ncsc1CN(C)C(=O)N[C@@H]1CC(=O)N(c2ccccc2)C1. The molecule has 0 bridgehead atoms. The highest BCUT2D eigenvalue weighted by molar-refractivity contribution is 7.09. The lowest BCUT2D eigenvalue weighted by molar-refractivity contribution is -0.117. The fourth-order valence-electron chi connectivity index (χ4n) is 2.71. The van der Waals surface area contributed by atoms with Gasteiger partial charge >= 0.3 is 6.03 Å².